The lowest BCUT2D eigenvalue weighted by atomic mass is 10.1. The maximum absolute atomic E-state index is 12.5. The molecule has 5 heteroatoms. The van der Waals surface area contributed by atoms with E-state index in [-0.39, 0.29) is 4.90 Å². The van der Waals surface area contributed by atoms with Crippen LogP contribution in [0, 0.1) is 13.8 Å². The predicted octanol–water partition coefficient (Wildman–Crippen LogP) is 3.04. The Balaban J connectivity index is 1.93. The molecule has 0 spiro atoms. The number of anilines is 1. The molecular formula is C16H17NO3S. The molecule has 0 amide bonds. The maximum atomic E-state index is 12.5. The molecule has 1 N–H and O–H groups in total. The molecule has 2 aromatic rings. The molecule has 0 atom stereocenters. The van der Waals surface area contributed by atoms with Gasteiger partial charge in [0.1, 0.15) is 5.75 Å². The summed E-state index contributed by atoms with van der Waals surface area (Å²) in [6.07, 6.45) is 0.752. The lowest BCUT2D eigenvalue weighted by molar-refractivity contribution is 0.356. The second kappa shape index (κ2) is 5.07. The van der Waals surface area contributed by atoms with Gasteiger partial charge in [-0.05, 0) is 60.9 Å². The van der Waals surface area contributed by atoms with Gasteiger partial charge in [0.05, 0.1) is 11.5 Å². The van der Waals surface area contributed by atoms with E-state index in [1.807, 2.05) is 32.0 Å². The smallest absolute Gasteiger partial charge is 0.261 e. The quantitative estimate of drug-likeness (QED) is 0.948. The first kappa shape index (κ1) is 13.9. The predicted molar refractivity (Wildman–Crippen MR) is 82.4 cm³/mol. The average Bonchev–Trinajstić information content (AvgIpc) is 2.83. The summed E-state index contributed by atoms with van der Waals surface area (Å²) in [7, 11) is -3.57. The van der Waals surface area contributed by atoms with Gasteiger partial charge in [0, 0.05) is 12.1 Å². The first-order chi connectivity index (χ1) is 9.94. The minimum atomic E-state index is -3.57. The third kappa shape index (κ3) is 2.88. The van der Waals surface area contributed by atoms with Crippen LogP contribution in [0.15, 0.2) is 41.3 Å². The molecule has 0 saturated carbocycles. The Labute approximate surface area is 124 Å². The number of rotatable bonds is 3. The monoisotopic (exact) mass is 303 g/mol. The van der Waals surface area contributed by atoms with Crippen LogP contribution in [0.3, 0.4) is 0 Å². The van der Waals surface area contributed by atoms with Gasteiger partial charge in [0.25, 0.3) is 10.0 Å². The zero-order valence-electron chi connectivity index (χ0n) is 12.0. The fraction of sp³-hybridized carbons (Fsp3) is 0.250. The van der Waals surface area contributed by atoms with E-state index in [0.717, 1.165) is 28.9 Å². The molecule has 0 aliphatic carbocycles. The van der Waals surface area contributed by atoms with Crippen molar-refractivity contribution in [1.29, 1.82) is 0 Å². The van der Waals surface area contributed by atoms with Gasteiger partial charge in [0.15, 0.2) is 0 Å². The zero-order chi connectivity index (χ0) is 15.0. The number of fused-ring (bicyclic) bond motifs is 1. The Hall–Kier alpha value is -2.01. The normalized spacial score (nSPS) is 13.6. The summed E-state index contributed by atoms with van der Waals surface area (Å²) < 4.78 is 33.0. The zero-order valence-corrected chi connectivity index (χ0v) is 12.8. The van der Waals surface area contributed by atoms with Crippen molar-refractivity contribution >= 4 is 15.7 Å². The number of sulfonamides is 1. The van der Waals surface area contributed by atoms with Gasteiger partial charge in [-0.15, -0.1) is 0 Å². The van der Waals surface area contributed by atoms with Gasteiger partial charge >= 0.3 is 0 Å². The molecule has 0 bridgehead atoms. The molecule has 1 aliphatic rings. The number of aryl methyl sites for hydroxylation is 2. The minimum absolute atomic E-state index is 0.269. The number of hydrogen-bond donors (Lipinski definition) is 1. The first-order valence-corrected chi connectivity index (χ1v) is 8.29. The highest BCUT2D eigenvalue weighted by Crippen LogP contribution is 2.28. The standard InChI is InChI=1S/C16H17NO3S/c1-11-7-12(2)9-14(8-11)17-21(18,19)15-3-4-16-13(10-15)5-6-20-16/h3-4,7-10,17H,5-6H2,1-2H3. The topological polar surface area (TPSA) is 55.4 Å². The van der Waals surface area contributed by atoms with E-state index >= 15 is 0 Å². The Morgan fingerprint density at radius 1 is 1.05 bits per heavy atom. The van der Waals surface area contributed by atoms with Crippen molar-refractivity contribution in [2.75, 3.05) is 11.3 Å². The van der Waals surface area contributed by atoms with E-state index in [1.54, 1.807) is 18.2 Å². The lowest BCUT2D eigenvalue weighted by Crippen LogP contribution is -2.13. The third-order valence-corrected chi connectivity index (χ3v) is 4.82. The molecule has 3 rings (SSSR count). The molecule has 0 saturated heterocycles. The first-order valence-electron chi connectivity index (χ1n) is 6.81. The molecule has 4 nitrogen and oxygen atoms in total. The highest BCUT2D eigenvalue weighted by atomic mass is 32.2. The second-order valence-corrected chi connectivity index (χ2v) is 7.03. The van der Waals surface area contributed by atoms with Crippen molar-refractivity contribution in [2.24, 2.45) is 0 Å². The summed E-state index contributed by atoms with van der Waals surface area (Å²) >= 11 is 0. The molecule has 1 aliphatic heterocycles. The van der Waals surface area contributed by atoms with Crippen LogP contribution in [0.2, 0.25) is 0 Å². The van der Waals surface area contributed by atoms with E-state index in [1.165, 1.54) is 0 Å². The molecule has 21 heavy (non-hydrogen) atoms. The van der Waals surface area contributed by atoms with Gasteiger partial charge in [-0.25, -0.2) is 8.42 Å². The van der Waals surface area contributed by atoms with Crippen molar-refractivity contribution < 1.29 is 13.2 Å². The van der Waals surface area contributed by atoms with Gasteiger partial charge in [-0.2, -0.15) is 0 Å². The van der Waals surface area contributed by atoms with Crippen molar-refractivity contribution in [3.63, 3.8) is 0 Å². The highest BCUT2D eigenvalue weighted by molar-refractivity contribution is 7.92. The number of hydrogen-bond acceptors (Lipinski definition) is 3. The van der Waals surface area contributed by atoms with Crippen molar-refractivity contribution in [3.05, 3.63) is 53.1 Å². The average molecular weight is 303 g/mol. The molecular weight excluding hydrogens is 286 g/mol. The van der Waals surface area contributed by atoms with E-state index in [0.29, 0.717) is 12.3 Å². The van der Waals surface area contributed by atoms with Crippen molar-refractivity contribution in [2.45, 2.75) is 25.2 Å². The fourth-order valence-electron chi connectivity index (χ4n) is 2.58. The van der Waals surface area contributed by atoms with Crippen LogP contribution in [-0.4, -0.2) is 15.0 Å². The van der Waals surface area contributed by atoms with Crippen LogP contribution >= 0.6 is 0 Å². The molecule has 0 unspecified atom stereocenters. The summed E-state index contributed by atoms with van der Waals surface area (Å²) in [4.78, 5) is 0.269. The van der Waals surface area contributed by atoms with Crippen LogP contribution in [-0.2, 0) is 16.4 Å². The van der Waals surface area contributed by atoms with E-state index < -0.39 is 10.0 Å². The van der Waals surface area contributed by atoms with Crippen molar-refractivity contribution in [1.82, 2.24) is 0 Å². The molecule has 2 aromatic carbocycles. The largest absolute Gasteiger partial charge is 0.493 e. The van der Waals surface area contributed by atoms with Crippen LogP contribution in [0.5, 0.6) is 5.75 Å². The van der Waals surface area contributed by atoms with Gasteiger partial charge in [-0.1, -0.05) is 6.07 Å². The Morgan fingerprint density at radius 3 is 2.48 bits per heavy atom. The van der Waals surface area contributed by atoms with Gasteiger partial charge in [-0.3, -0.25) is 4.72 Å². The summed E-state index contributed by atoms with van der Waals surface area (Å²) in [5.74, 6) is 0.778. The minimum Gasteiger partial charge on any atom is -0.493 e. The summed E-state index contributed by atoms with van der Waals surface area (Å²) in [6.45, 7) is 4.50. The Kier molecular flexibility index (Phi) is 3.37. The SMILES string of the molecule is Cc1cc(C)cc(NS(=O)(=O)c2ccc3c(c2)CCO3)c1. The molecule has 1 heterocycles. The Morgan fingerprint density at radius 2 is 1.76 bits per heavy atom. The molecule has 0 aromatic heterocycles. The Bertz CT molecular complexity index is 777. The van der Waals surface area contributed by atoms with Crippen LogP contribution in [0.1, 0.15) is 16.7 Å². The highest BCUT2D eigenvalue weighted by Gasteiger charge is 2.19. The van der Waals surface area contributed by atoms with Gasteiger partial charge < -0.3 is 4.74 Å². The third-order valence-electron chi connectivity index (χ3n) is 3.45. The van der Waals surface area contributed by atoms with Crippen molar-refractivity contribution in [3.8, 4) is 5.75 Å². The van der Waals surface area contributed by atoms with E-state index in [9.17, 15) is 8.42 Å². The molecule has 0 radical (unpaired) electrons. The van der Waals surface area contributed by atoms with E-state index in [2.05, 4.69) is 4.72 Å². The summed E-state index contributed by atoms with van der Waals surface area (Å²) in [5.41, 5.74) is 3.58. The lowest BCUT2D eigenvalue weighted by Gasteiger charge is -2.10. The van der Waals surface area contributed by atoms with Gasteiger partial charge in [0.2, 0.25) is 0 Å². The van der Waals surface area contributed by atoms with Crippen LogP contribution in [0.4, 0.5) is 5.69 Å². The number of nitrogens with one attached hydrogen (secondary N) is 1. The number of benzene rings is 2. The summed E-state index contributed by atoms with van der Waals surface area (Å²) in [6, 6.07) is 10.6. The summed E-state index contributed by atoms with van der Waals surface area (Å²) in [5, 5.41) is 0. The van der Waals surface area contributed by atoms with E-state index in [4.69, 9.17) is 4.74 Å². The second-order valence-electron chi connectivity index (χ2n) is 5.35. The number of ether oxygens (including phenoxy) is 1. The molecule has 0 fully saturated rings. The van der Waals surface area contributed by atoms with Crippen LogP contribution < -0.4 is 9.46 Å². The van der Waals surface area contributed by atoms with Crippen LogP contribution in [0.25, 0.3) is 0 Å². The molecule has 110 valence electrons. The fourth-order valence-corrected chi connectivity index (χ4v) is 3.67. The maximum Gasteiger partial charge on any atom is 0.261 e.